The van der Waals surface area contributed by atoms with Crippen molar-refractivity contribution in [1.29, 1.82) is 0 Å². The second kappa shape index (κ2) is 14.4. The number of sulfonamides is 1. The maximum atomic E-state index is 14.5. The van der Waals surface area contributed by atoms with Crippen LogP contribution in [0.3, 0.4) is 0 Å². The topological polar surface area (TPSA) is 86.8 Å². The number of halogens is 1. The van der Waals surface area contributed by atoms with Gasteiger partial charge in [-0.3, -0.25) is 13.9 Å². The van der Waals surface area contributed by atoms with Gasteiger partial charge in [0.05, 0.1) is 10.6 Å². The minimum atomic E-state index is -4.15. The van der Waals surface area contributed by atoms with Crippen molar-refractivity contribution in [3.05, 3.63) is 130 Å². The van der Waals surface area contributed by atoms with E-state index >= 15 is 0 Å². The Labute approximate surface area is 275 Å². The smallest absolute Gasteiger partial charge is 0.264 e. The highest BCUT2D eigenvalue weighted by Crippen LogP contribution is 2.26. The first-order valence-corrected chi connectivity index (χ1v) is 17.0. The lowest BCUT2D eigenvalue weighted by molar-refractivity contribution is -0.140. The SMILES string of the molecule is Cc1ccc(N(CC(=O)N(Cc2ccc(Br)cc2)[C@@H](Cc2ccccc2)C(=O)NC(C)(C)C)S(=O)(=O)c2ccc(C)cc2)cc1. The van der Waals surface area contributed by atoms with Crippen LogP contribution >= 0.6 is 15.9 Å². The van der Waals surface area contributed by atoms with Gasteiger partial charge in [0.2, 0.25) is 11.8 Å². The summed E-state index contributed by atoms with van der Waals surface area (Å²) in [6, 6.07) is 29.7. The van der Waals surface area contributed by atoms with E-state index in [2.05, 4.69) is 21.2 Å². The predicted molar refractivity (Wildman–Crippen MR) is 183 cm³/mol. The van der Waals surface area contributed by atoms with Crippen molar-refractivity contribution < 1.29 is 18.0 Å². The van der Waals surface area contributed by atoms with Crippen molar-refractivity contribution >= 4 is 43.5 Å². The van der Waals surface area contributed by atoms with Crippen LogP contribution in [0.1, 0.15) is 43.0 Å². The lowest BCUT2D eigenvalue weighted by Crippen LogP contribution is -2.56. The molecule has 236 valence electrons. The molecule has 1 N–H and O–H groups in total. The van der Waals surface area contributed by atoms with Gasteiger partial charge in [-0.2, -0.15) is 0 Å². The third-order valence-corrected chi connectivity index (χ3v) is 9.56. The number of benzene rings is 4. The number of carbonyl (C=O) groups is 2. The van der Waals surface area contributed by atoms with Crippen LogP contribution in [0.25, 0.3) is 0 Å². The van der Waals surface area contributed by atoms with E-state index in [1.54, 1.807) is 36.4 Å². The maximum absolute atomic E-state index is 14.5. The Morgan fingerprint density at radius 1 is 0.778 bits per heavy atom. The van der Waals surface area contributed by atoms with Gasteiger partial charge in [0, 0.05) is 23.0 Å². The largest absolute Gasteiger partial charge is 0.350 e. The molecule has 0 bridgehead atoms. The van der Waals surface area contributed by atoms with Gasteiger partial charge in [-0.15, -0.1) is 0 Å². The molecule has 4 aromatic rings. The third kappa shape index (κ3) is 9.28. The summed E-state index contributed by atoms with van der Waals surface area (Å²) in [6.45, 7) is 9.07. The molecular weight excluding hydrogens is 650 g/mol. The Bertz CT molecular complexity index is 1700. The minimum absolute atomic E-state index is 0.0762. The van der Waals surface area contributed by atoms with Crippen molar-refractivity contribution in [2.45, 2.75) is 64.1 Å². The van der Waals surface area contributed by atoms with Crippen molar-refractivity contribution in [3.63, 3.8) is 0 Å². The van der Waals surface area contributed by atoms with E-state index in [0.29, 0.717) is 5.69 Å². The highest BCUT2D eigenvalue weighted by atomic mass is 79.9. The summed E-state index contributed by atoms with van der Waals surface area (Å²) in [5.41, 5.74) is 3.36. The van der Waals surface area contributed by atoms with E-state index in [1.165, 1.54) is 4.90 Å². The third-order valence-electron chi connectivity index (χ3n) is 7.25. The van der Waals surface area contributed by atoms with E-state index in [4.69, 9.17) is 0 Å². The lowest BCUT2D eigenvalue weighted by atomic mass is 10.0. The summed E-state index contributed by atoms with van der Waals surface area (Å²) in [7, 11) is -4.15. The first-order chi connectivity index (χ1) is 21.2. The molecule has 0 unspecified atom stereocenters. The average Bonchev–Trinajstić information content (AvgIpc) is 2.99. The minimum Gasteiger partial charge on any atom is -0.350 e. The molecule has 0 radical (unpaired) electrons. The summed E-state index contributed by atoms with van der Waals surface area (Å²) in [4.78, 5) is 30.1. The number of nitrogens with zero attached hydrogens (tertiary/aromatic N) is 2. The van der Waals surface area contributed by atoms with Crippen LogP contribution < -0.4 is 9.62 Å². The first-order valence-electron chi connectivity index (χ1n) is 14.8. The normalized spacial score (nSPS) is 12.3. The number of anilines is 1. The van der Waals surface area contributed by atoms with E-state index in [0.717, 1.165) is 31.0 Å². The van der Waals surface area contributed by atoms with Crippen LogP contribution in [0.2, 0.25) is 0 Å². The number of hydrogen-bond acceptors (Lipinski definition) is 4. The maximum Gasteiger partial charge on any atom is 0.264 e. The molecule has 4 aromatic carbocycles. The molecule has 7 nitrogen and oxygen atoms in total. The Balaban J connectivity index is 1.81. The zero-order valence-corrected chi connectivity index (χ0v) is 28.7. The average molecular weight is 691 g/mol. The van der Waals surface area contributed by atoms with Gasteiger partial charge in [0.15, 0.2) is 0 Å². The molecule has 0 aliphatic heterocycles. The van der Waals surface area contributed by atoms with Crippen molar-refractivity contribution in [1.82, 2.24) is 10.2 Å². The van der Waals surface area contributed by atoms with Crippen LogP contribution in [-0.4, -0.2) is 43.3 Å². The molecule has 45 heavy (non-hydrogen) atoms. The first kappa shape index (κ1) is 33.9. The molecule has 0 saturated carbocycles. The monoisotopic (exact) mass is 689 g/mol. The molecule has 0 aliphatic carbocycles. The molecule has 0 fully saturated rings. The second-order valence-corrected chi connectivity index (χ2v) is 15.0. The van der Waals surface area contributed by atoms with E-state index in [1.807, 2.05) is 101 Å². The fourth-order valence-corrected chi connectivity index (χ4v) is 6.55. The quantitative estimate of drug-likeness (QED) is 0.187. The molecule has 0 aromatic heterocycles. The number of aryl methyl sites for hydroxylation is 2. The summed E-state index contributed by atoms with van der Waals surface area (Å²) < 4.78 is 30.3. The van der Waals surface area contributed by atoms with Crippen molar-refractivity contribution in [2.75, 3.05) is 10.8 Å². The molecule has 2 amide bonds. The number of hydrogen-bond donors (Lipinski definition) is 1. The molecule has 0 aliphatic rings. The highest BCUT2D eigenvalue weighted by Gasteiger charge is 2.35. The predicted octanol–water partition coefficient (Wildman–Crippen LogP) is 6.82. The standard InChI is InChI=1S/C36H40BrN3O4S/c1-26-11-19-31(20-12-26)40(45(43,44)32-21-13-27(2)14-22-32)25-34(41)39(24-29-15-17-30(37)18-16-29)33(35(42)38-36(3,4)5)23-28-9-7-6-8-10-28/h6-22,33H,23-25H2,1-5H3,(H,38,42)/t33-/m0/s1. The van der Waals surface area contributed by atoms with Gasteiger partial charge in [-0.05, 0) is 82.1 Å². The molecular formula is C36H40BrN3O4S. The van der Waals surface area contributed by atoms with Crippen LogP contribution in [0.15, 0.2) is 112 Å². The Hall–Kier alpha value is -3.95. The Morgan fingerprint density at radius 2 is 1.33 bits per heavy atom. The van der Waals surface area contributed by atoms with E-state index in [-0.39, 0.29) is 23.8 Å². The highest BCUT2D eigenvalue weighted by molar-refractivity contribution is 9.10. The van der Waals surface area contributed by atoms with Gasteiger partial charge in [-0.1, -0.05) is 93.8 Å². The summed E-state index contributed by atoms with van der Waals surface area (Å²) in [6.07, 6.45) is 0.250. The number of rotatable bonds is 11. The van der Waals surface area contributed by atoms with E-state index < -0.39 is 34.1 Å². The summed E-state index contributed by atoms with van der Waals surface area (Å²) >= 11 is 3.46. The number of amides is 2. The molecule has 9 heteroatoms. The molecule has 0 heterocycles. The van der Waals surface area contributed by atoms with E-state index in [9.17, 15) is 18.0 Å². The Kier molecular flexibility index (Phi) is 10.9. The number of nitrogens with one attached hydrogen (secondary N) is 1. The second-order valence-electron chi connectivity index (χ2n) is 12.3. The zero-order chi connectivity index (χ0) is 32.8. The van der Waals surface area contributed by atoms with Crippen LogP contribution in [-0.2, 0) is 32.6 Å². The summed E-state index contributed by atoms with van der Waals surface area (Å²) in [5.74, 6) is -0.820. The van der Waals surface area contributed by atoms with Gasteiger partial charge in [0.25, 0.3) is 10.0 Å². The van der Waals surface area contributed by atoms with Crippen LogP contribution in [0, 0.1) is 13.8 Å². The zero-order valence-electron chi connectivity index (χ0n) is 26.3. The number of carbonyl (C=O) groups excluding carboxylic acids is 2. The molecule has 0 spiro atoms. The molecule has 0 saturated heterocycles. The van der Waals surface area contributed by atoms with Crippen molar-refractivity contribution in [2.24, 2.45) is 0 Å². The van der Waals surface area contributed by atoms with Gasteiger partial charge < -0.3 is 10.2 Å². The molecule has 4 rings (SSSR count). The molecule has 1 atom stereocenters. The fourth-order valence-electron chi connectivity index (χ4n) is 4.87. The lowest BCUT2D eigenvalue weighted by Gasteiger charge is -2.35. The Morgan fingerprint density at radius 3 is 1.89 bits per heavy atom. The van der Waals surface area contributed by atoms with Crippen LogP contribution in [0.4, 0.5) is 5.69 Å². The summed E-state index contributed by atoms with van der Waals surface area (Å²) in [5, 5.41) is 3.05. The van der Waals surface area contributed by atoms with Crippen molar-refractivity contribution in [3.8, 4) is 0 Å². The van der Waals surface area contributed by atoms with Crippen LogP contribution in [0.5, 0.6) is 0 Å². The fraction of sp³-hybridized carbons (Fsp3) is 0.278. The van der Waals surface area contributed by atoms with Gasteiger partial charge in [0.1, 0.15) is 12.6 Å². The van der Waals surface area contributed by atoms with Gasteiger partial charge in [-0.25, -0.2) is 8.42 Å². The van der Waals surface area contributed by atoms with Gasteiger partial charge >= 0.3 is 0 Å².